The first kappa shape index (κ1) is 29.1. The van der Waals surface area contributed by atoms with Crippen molar-refractivity contribution < 1.29 is 28.2 Å². The zero-order chi connectivity index (χ0) is 31.5. The summed E-state index contributed by atoms with van der Waals surface area (Å²) in [6.45, 7) is 3.10. The Balaban J connectivity index is 1.01. The molecule has 3 saturated heterocycles. The van der Waals surface area contributed by atoms with Gasteiger partial charge in [-0.2, -0.15) is 5.26 Å². The van der Waals surface area contributed by atoms with Crippen molar-refractivity contribution in [2.24, 2.45) is 0 Å². The van der Waals surface area contributed by atoms with E-state index in [1.807, 2.05) is 24.3 Å². The molecular weight excluding hydrogens is 606 g/mol. The molecule has 4 aromatic rings. The van der Waals surface area contributed by atoms with Gasteiger partial charge in [0.1, 0.15) is 29.3 Å². The lowest BCUT2D eigenvalue weighted by atomic mass is 9.86. The third-order valence-corrected chi connectivity index (χ3v) is 12.4. The van der Waals surface area contributed by atoms with Crippen LogP contribution in [0.5, 0.6) is 5.75 Å². The molecule has 1 aromatic heterocycles. The number of fused-ring (bicyclic) bond motifs is 2. The fraction of sp³-hybridized carbons (Fsp3) is 0.343. The summed E-state index contributed by atoms with van der Waals surface area (Å²) in [5.41, 5.74) is 4.60. The van der Waals surface area contributed by atoms with E-state index in [1.165, 1.54) is 18.2 Å². The second kappa shape index (κ2) is 11.5. The highest BCUT2D eigenvalue weighted by Crippen LogP contribution is 2.50. The number of nitrogens with zero attached hydrogens (tertiary/aromatic N) is 4. The number of aromatic carboxylic acids is 1. The third kappa shape index (κ3) is 5.10. The summed E-state index contributed by atoms with van der Waals surface area (Å²) in [6.07, 6.45) is 3.44. The normalized spacial score (nSPS) is 24.9. The Morgan fingerprint density at radius 3 is 2.63 bits per heavy atom. The van der Waals surface area contributed by atoms with Gasteiger partial charge in [-0.25, -0.2) is 18.6 Å². The maximum Gasteiger partial charge on any atom is 0.335 e. The molecule has 0 spiro atoms. The molecule has 0 radical (unpaired) electrons. The molecule has 1 N–H and O–H groups in total. The second-order valence-corrected chi connectivity index (χ2v) is 15.0. The number of piperidine rings is 1. The SMILES string of the molecule is N#Cc1ccc(C2C=C(F)c3cccc(C4CCN(Cc5nc6ccc(C(=O)O)cc6n5C5[SiH2][C@@H]5C5CCO5)CC4)c3O2)c(F)c1. The number of likely N-dealkylation sites (tertiary alicyclic amines) is 1. The molecule has 4 aliphatic heterocycles. The number of carboxylic acids is 1. The number of aromatic nitrogens is 2. The lowest BCUT2D eigenvalue weighted by Crippen LogP contribution is -2.33. The van der Waals surface area contributed by atoms with Gasteiger partial charge >= 0.3 is 5.97 Å². The number of para-hydroxylation sites is 1. The topological polar surface area (TPSA) is 101 Å². The van der Waals surface area contributed by atoms with Crippen molar-refractivity contribution in [3.8, 4) is 11.8 Å². The highest BCUT2D eigenvalue weighted by molar-refractivity contribution is 6.53. The summed E-state index contributed by atoms with van der Waals surface area (Å²) >= 11 is 0. The molecule has 3 unspecified atom stereocenters. The molecule has 4 aliphatic rings. The zero-order valence-electron chi connectivity index (χ0n) is 25.0. The molecule has 0 bridgehead atoms. The van der Waals surface area contributed by atoms with Gasteiger partial charge in [-0.05, 0) is 91.8 Å². The summed E-state index contributed by atoms with van der Waals surface area (Å²) < 4.78 is 44.6. The van der Waals surface area contributed by atoms with Crippen LogP contribution >= 0.6 is 0 Å². The molecule has 0 aliphatic carbocycles. The summed E-state index contributed by atoms with van der Waals surface area (Å²) in [4.78, 5) is 19.2. The quantitative estimate of drug-likeness (QED) is 0.255. The molecule has 8 nitrogen and oxygen atoms in total. The molecule has 234 valence electrons. The molecule has 46 heavy (non-hydrogen) atoms. The highest BCUT2D eigenvalue weighted by atomic mass is 28.2. The minimum Gasteiger partial charge on any atom is -0.480 e. The van der Waals surface area contributed by atoms with Crippen molar-refractivity contribution in [3.05, 3.63) is 100 Å². The maximum absolute atomic E-state index is 15.4. The number of halogens is 2. The van der Waals surface area contributed by atoms with Crippen LogP contribution in [0.15, 0.2) is 60.7 Å². The van der Waals surface area contributed by atoms with E-state index >= 15 is 4.39 Å². The molecule has 8 rings (SSSR count). The number of carbonyl (C=O) groups is 1. The number of hydrogen-bond donors (Lipinski definition) is 1. The number of carboxylic acid groups (broad SMARTS) is 1. The van der Waals surface area contributed by atoms with E-state index in [4.69, 9.17) is 19.7 Å². The molecule has 0 saturated carbocycles. The molecule has 3 aromatic carbocycles. The van der Waals surface area contributed by atoms with Crippen LogP contribution in [0.25, 0.3) is 16.9 Å². The van der Waals surface area contributed by atoms with Crippen molar-refractivity contribution in [2.45, 2.75) is 55.1 Å². The van der Waals surface area contributed by atoms with Gasteiger partial charge in [0.15, 0.2) is 0 Å². The van der Waals surface area contributed by atoms with Gasteiger partial charge in [0.05, 0.1) is 56.0 Å². The van der Waals surface area contributed by atoms with E-state index in [-0.39, 0.29) is 22.6 Å². The van der Waals surface area contributed by atoms with E-state index in [0.717, 1.165) is 67.4 Å². The summed E-state index contributed by atoms with van der Waals surface area (Å²) in [7, 11) is -0.401. The number of hydrogen-bond acceptors (Lipinski definition) is 6. The van der Waals surface area contributed by atoms with Crippen molar-refractivity contribution in [1.29, 1.82) is 5.26 Å². The van der Waals surface area contributed by atoms with Crippen LogP contribution in [-0.2, 0) is 11.3 Å². The lowest BCUT2D eigenvalue weighted by molar-refractivity contribution is -0.0494. The molecule has 3 fully saturated rings. The molecule has 11 heteroatoms. The van der Waals surface area contributed by atoms with E-state index in [1.54, 1.807) is 18.2 Å². The van der Waals surface area contributed by atoms with Crippen LogP contribution < -0.4 is 4.74 Å². The van der Waals surface area contributed by atoms with Crippen molar-refractivity contribution >= 4 is 32.3 Å². The molecule has 4 atom stereocenters. The summed E-state index contributed by atoms with van der Waals surface area (Å²) in [5, 5.41) is 18.8. The fourth-order valence-electron chi connectivity index (χ4n) is 7.41. The number of nitriles is 1. The first-order chi connectivity index (χ1) is 22.4. The number of benzene rings is 3. The van der Waals surface area contributed by atoms with Crippen molar-refractivity contribution in [3.63, 3.8) is 0 Å². The van der Waals surface area contributed by atoms with Crippen molar-refractivity contribution in [2.75, 3.05) is 19.7 Å². The fourth-order valence-corrected chi connectivity index (χ4v) is 9.62. The van der Waals surface area contributed by atoms with Gasteiger partial charge in [-0.3, -0.25) is 4.90 Å². The maximum atomic E-state index is 15.4. The van der Waals surface area contributed by atoms with Gasteiger partial charge in [-0.15, -0.1) is 0 Å². The smallest absolute Gasteiger partial charge is 0.335 e. The first-order valence-electron chi connectivity index (χ1n) is 15.8. The Morgan fingerprint density at radius 1 is 1.09 bits per heavy atom. The summed E-state index contributed by atoms with van der Waals surface area (Å²) in [6, 6.07) is 16.8. The van der Waals surface area contributed by atoms with Crippen LogP contribution in [0.3, 0.4) is 0 Å². The Bertz CT molecular complexity index is 1940. The Hall–Kier alpha value is -4.37. The lowest BCUT2D eigenvalue weighted by Gasteiger charge is -2.34. The average Bonchev–Trinajstić information content (AvgIpc) is 3.70. The zero-order valence-corrected chi connectivity index (χ0v) is 26.4. The monoisotopic (exact) mass is 638 g/mol. The molecule has 0 amide bonds. The van der Waals surface area contributed by atoms with Crippen LogP contribution in [0.2, 0.25) is 5.54 Å². The van der Waals surface area contributed by atoms with Crippen molar-refractivity contribution in [1.82, 2.24) is 14.5 Å². The van der Waals surface area contributed by atoms with Gasteiger partial charge in [0.25, 0.3) is 0 Å². The molecular formula is C35H32F2N4O4Si. The van der Waals surface area contributed by atoms with Crippen LogP contribution in [0.4, 0.5) is 8.78 Å². The van der Waals surface area contributed by atoms with E-state index in [0.29, 0.717) is 35.2 Å². The number of ether oxygens (including phenoxy) is 2. The Morgan fingerprint density at radius 2 is 1.91 bits per heavy atom. The molecule has 5 heterocycles. The van der Waals surface area contributed by atoms with Crippen LogP contribution in [0.1, 0.15) is 75.4 Å². The Kier molecular flexibility index (Phi) is 7.24. The van der Waals surface area contributed by atoms with Gasteiger partial charge < -0.3 is 19.1 Å². The predicted octanol–water partition coefficient (Wildman–Crippen LogP) is 5.83. The minimum absolute atomic E-state index is 0.136. The highest BCUT2D eigenvalue weighted by Gasteiger charge is 2.49. The van der Waals surface area contributed by atoms with Gasteiger partial charge in [0.2, 0.25) is 0 Å². The van der Waals surface area contributed by atoms with E-state index in [9.17, 15) is 14.3 Å². The largest absolute Gasteiger partial charge is 0.480 e. The van der Waals surface area contributed by atoms with Crippen LogP contribution in [-0.4, -0.2) is 60.8 Å². The minimum atomic E-state index is -0.944. The summed E-state index contributed by atoms with van der Waals surface area (Å²) in [5.74, 6) is -0.442. The van der Waals surface area contributed by atoms with E-state index in [2.05, 4.69) is 9.47 Å². The average molecular weight is 639 g/mol. The third-order valence-electron chi connectivity index (χ3n) is 10.0. The number of rotatable bonds is 7. The first-order valence-corrected chi connectivity index (χ1v) is 17.5. The number of imidazole rings is 1. The predicted molar refractivity (Wildman–Crippen MR) is 170 cm³/mol. The second-order valence-electron chi connectivity index (χ2n) is 12.7. The van der Waals surface area contributed by atoms with Gasteiger partial charge in [0, 0.05) is 17.8 Å². The van der Waals surface area contributed by atoms with Crippen LogP contribution in [0, 0.1) is 17.1 Å². The standard InChI is InChI=1S/C35H32F2N4O4Si/c36-25-14-19(17-38)4-6-23(25)30-16-26(37)24-3-1-2-22(32(24)45-30)20-8-11-40(12-9-20)18-31-39-27-7-5-21(35(42)43)15-28(27)41(31)34-33(46-34)29-10-13-44-29/h1-7,14-16,20,29-30,33-34H,8-13,18,46H2,(H,42,43)/t29?,30?,33-,34?/m1/s1. The Labute approximate surface area is 266 Å². The van der Waals surface area contributed by atoms with E-state index < -0.39 is 33.2 Å². The van der Waals surface area contributed by atoms with Gasteiger partial charge in [-0.1, -0.05) is 18.2 Å².